The van der Waals surface area contributed by atoms with Crippen LogP contribution in [0.1, 0.15) is 61.8 Å². The van der Waals surface area contributed by atoms with Crippen molar-refractivity contribution in [2.24, 2.45) is 0 Å². The smallest absolute Gasteiger partial charge is 0.223 e. The van der Waals surface area contributed by atoms with Gasteiger partial charge >= 0.3 is 0 Å². The van der Waals surface area contributed by atoms with Gasteiger partial charge in [-0.1, -0.05) is 38.1 Å². The van der Waals surface area contributed by atoms with Crippen molar-refractivity contribution < 1.29 is 14.4 Å². The Morgan fingerprint density at radius 2 is 1.03 bits per heavy atom. The zero-order valence-corrected chi connectivity index (χ0v) is 19.2. The van der Waals surface area contributed by atoms with E-state index in [0.717, 1.165) is 33.6 Å². The first kappa shape index (κ1) is 23.3. The second-order valence-electron chi connectivity index (χ2n) is 8.09. The van der Waals surface area contributed by atoms with Crippen LogP contribution in [0.15, 0.2) is 36.4 Å². The summed E-state index contributed by atoms with van der Waals surface area (Å²) in [5.41, 5.74) is 5.50. The van der Waals surface area contributed by atoms with Crippen LogP contribution < -0.4 is 9.80 Å². The summed E-state index contributed by atoms with van der Waals surface area (Å²) < 4.78 is 0. The molecule has 0 aromatic heterocycles. The first-order valence-corrected chi connectivity index (χ1v) is 10.2. The lowest BCUT2D eigenvalue weighted by Gasteiger charge is -2.22. The van der Waals surface area contributed by atoms with E-state index >= 15 is 0 Å². The Bertz CT molecular complexity index is 903. The van der Waals surface area contributed by atoms with Crippen molar-refractivity contribution in [2.45, 2.75) is 53.4 Å². The van der Waals surface area contributed by atoms with E-state index in [0.29, 0.717) is 0 Å². The highest BCUT2D eigenvalue weighted by atomic mass is 16.2. The average Bonchev–Trinajstić information content (AvgIpc) is 2.70. The molecule has 2 aromatic rings. The monoisotopic (exact) mass is 408 g/mol. The van der Waals surface area contributed by atoms with Crippen LogP contribution >= 0.6 is 0 Å². The molecule has 0 radical (unpaired) electrons. The fraction of sp³-hybridized carbons (Fsp3) is 0.400. The van der Waals surface area contributed by atoms with E-state index in [4.69, 9.17) is 0 Å². The molecule has 2 rings (SSSR count). The molecule has 5 heteroatoms. The predicted octanol–water partition coefficient (Wildman–Crippen LogP) is 4.75. The molecule has 0 N–H and O–H groups in total. The van der Waals surface area contributed by atoms with E-state index in [2.05, 4.69) is 0 Å². The summed E-state index contributed by atoms with van der Waals surface area (Å²) in [6.07, 6.45) is 0. The number of carbonyl (C=O) groups is 3. The topological polar surface area (TPSA) is 57.7 Å². The van der Waals surface area contributed by atoms with E-state index in [1.165, 1.54) is 13.8 Å². The van der Waals surface area contributed by atoms with Crippen LogP contribution in [0.2, 0.25) is 0 Å². The first-order valence-electron chi connectivity index (χ1n) is 10.2. The van der Waals surface area contributed by atoms with Crippen LogP contribution in [0.3, 0.4) is 0 Å². The Labute approximate surface area is 179 Å². The number of rotatable bonds is 6. The van der Waals surface area contributed by atoms with E-state index in [-0.39, 0.29) is 29.4 Å². The van der Waals surface area contributed by atoms with E-state index < -0.39 is 0 Å². The number of Topliss-reactive ketones (excluding diaryl/α,β-unsaturated/α-hetero) is 1. The second kappa shape index (κ2) is 9.24. The van der Waals surface area contributed by atoms with Crippen LogP contribution in [0.5, 0.6) is 0 Å². The van der Waals surface area contributed by atoms with Gasteiger partial charge in [0.2, 0.25) is 11.8 Å². The molecular weight excluding hydrogens is 376 g/mol. The summed E-state index contributed by atoms with van der Waals surface area (Å²) in [5.74, 6) is -0.463. The molecule has 0 fully saturated rings. The lowest BCUT2D eigenvalue weighted by atomic mass is 9.84. The fourth-order valence-corrected chi connectivity index (χ4v) is 3.69. The Balaban J connectivity index is 2.26. The third-order valence-electron chi connectivity index (χ3n) is 5.96. The molecule has 2 aromatic carbocycles. The summed E-state index contributed by atoms with van der Waals surface area (Å²) in [6, 6.07) is 11.6. The minimum Gasteiger partial charge on any atom is -0.315 e. The van der Waals surface area contributed by atoms with Crippen molar-refractivity contribution in [1.82, 2.24) is 0 Å². The molecule has 0 heterocycles. The zero-order chi connectivity index (χ0) is 22.7. The van der Waals surface area contributed by atoms with E-state index in [1.54, 1.807) is 23.9 Å². The predicted molar refractivity (Wildman–Crippen MR) is 122 cm³/mol. The normalized spacial score (nSPS) is 12.8. The summed E-state index contributed by atoms with van der Waals surface area (Å²) in [6.45, 7) is 10.8. The third kappa shape index (κ3) is 4.78. The number of ketones is 1. The fourth-order valence-electron chi connectivity index (χ4n) is 3.69. The summed E-state index contributed by atoms with van der Waals surface area (Å²) in [4.78, 5) is 39.7. The molecule has 30 heavy (non-hydrogen) atoms. The van der Waals surface area contributed by atoms with E-state index in [1.807, 2.05) is 64.1 Å². The molecule has 2 amide bonds. The molecule has 160 valence electrons. The standard InChI is InChI=1S/C25H32N2O3/c1-15-13-21(9-11-23(15)26(7)19(5)28)17(3)25(30)18(4)22-10-12-24(16(2)14-22)27(8)20(6)29/h9-14,17-18H,1-8H3. The van der Waals surface area contributed by atoms with Crippen LogP contribution in [-0.2, 0) is 14.4 Å². The number of aryl methyl sites for hydroxylation is 2. The van der Waals surface area contributed by atoms with Crippen molar-refractivity contribution in [3.63, 3.8) is 0 Å². The lowest BCUT2D eigenvalue weighted by Crippen LogP contribution is -2.24. The SMILES string of the molecule is CC(=O)N(C)c1ccc(C(C)C(=O)C(C)c2ccc(N(C)C(C)=O)c(C)c2)cc1C. The first-order chi connectivity index (χ1) is 14.0. The van der Waals surface area contributed by atoms with Crippen LogP contribution in [-0.4, -0.2) is 31.7 Å². The number of carbonyl (C=O) groups excluding carboxylic acids is 3. The molecule has 2 unspecified atom stereocenters. The van der Waals surface area contributed by atoms with Gasteiger partial charge in [-0.25, -0.2) is 0 Å². The van der Waals surface area contributed by atoms with Crippen molar-refractivity contribution in [3.05, 3.63) is 58.7 Å². The number of anilines is 2. The van der Waals surface area contributed by atoms with Crippen LogP contribution in [0.4, 0.5) is 11.4 Å². The van der Waals surface area contributed by atoms with Gasteiger partial charge in [0.1, 0.15) is 5.78 Å². The van der Waals surface area contributed by atoms with Crippen LogP contribution in [0.25, 0.3) is 0 Å². The largest absolute Gasteiger partial charge is 0.315 e. The van der Waals surface area contributed by atoms with Gasteiger partial charge in [-0.2, -0.15) is 0 Å². The summed E-state index contributed by atoms with van der Waals surface area (Å²) in [5, 5.41) is 0. The summed E-state index contributed by atoms with van der Waals surface area (Å²) >= 11 is 0. The molecule has 0 spiro atoms. The van der Waals surface area contributed by atoms with Gasteiger partial charge in [-0.05, 0) is 48.2 Å². The maximum absolute atomic E-state index is 13.2. The molecule has 0 aliphatic carbocycles. The van der Waals surface area contributed by atoms with Gasteiger partial charge in [-0.3, -0.25) is 14.4 Å². The number of hydrogen-bond donors (Lipinski definition) is 0. The quantitative estimate of drug-likeness (QED) is 0.693. The summed E-state index contributed by atoms with van der Waals surface area (Å²) in [7, 11) is 3.49. The van der Waals surface area contributed by atoms with Crippen molar-refractivity contribution >= 4 is 29.0 Å². The number of amides is 2. The number of benzene rings is 2. The molecule has 2 atom stereocenters. The average molecular weight is 409 g/mol. The maximum atomic E-state index is 13.2. The molecular formula is C25H32N2O3. The van der Waals surface area contributed by atoms with E-state index in [9.17, 15) is 14.4 Å². The molecule has 5 nitrogen and oxygen atoms in total. The van der Waals surface area contributed by atoms with Gasteiger partial charge in [0.25, 0.3) is 0 Å². The highest BCUT2D eigenvalue weighted by molar-refractivity contribution is 5.94. The minimum atomic E-state index is -0.268. The molecule has 0 saturated heterocycles. The zero-order valence-electron chi connectivity index (χ0n) is 19.2. The second-order valence-corrected chi connectivity index (χ2v) is 8.09. The Morgan fingerprint density at radius 3 is 1.30 bits per heavy atom. The van der Waals surface area contributed by atoms with Gasteiger partial charge in [0.05, 0.1) is 0 Å². The van der Waals surface area contributed by atoms with Crippen LogP contribution in [0, 0.1) is 13.8 Å². The van der Waals surface area contributed by atoms with Crippen molar-refractivity contribution in [2.75, 3.05) is 23.9 Å². The lowest BCUT2D eigenvalue weighted by molar-refractivity contribution is -0.121. The van der Waals surface area contributed by atoms with Gasteiger partial charge in [-0.15, -0.1) is 0 Å². The van der Waals surface area contributed by atoms with Gasteiger partial charge in [0.15, 0.2) is 0 Å². The number of hydrogen-bond acceptors (Lipinski definition) is 3. The highest BCUT2D eigenvalue weighted by Gasteiger charge is 2.24. The minimum absolute atomic E-state index is 0.0298. The Morgan fingerprint density at radius 1 is 0.700 bits per heavy atom. The third-order valence-corrected chi connectivity index (χ3v) is 5.96. The molecule has 0 aliphatic rings. The highest BCUT2D eigenvalue weighted by Crippen LogP contribution is 2.31. The maximum Gasteiger partial charge on any atom is 0.223 e. The molecule has 0 bridgehead atoms. The molecule has 0 aliphatic heterocycles. The van der Waals surface area contributed by atoms with Gasteiger partial charge < -0.3 is 9.80 Å². The van der Waals surface area contributed by atoms with Crippen molar-refractivity contribution in [1.29, 1.82) is 0 Å². The Kier molecular flexibility index (Phi) is 7.19. The molecule has 0 saturated carbocycles. The van der Waals surface area contributed by atoms with Crippen molar-refractivity contribution in [3.8, 4) is 0 Å². The Hall–Kier alpha value is -2.95. The number of nitrogens with zero attached hydrogens (tertiary/aromatic N) is 2. The van der Waals surface area contributed by atoms with Gasteiger partial charge in [0, 0.05) is 51.2 Å².